The number of ether oxygens (including phenoxy) is 1. The third kappa shape index (κ3) is 5.16. The van der Waals surface area contributed by atoms with Gasteiger partial charge in [-0.05, 0) is 38.1 Å². The molecular formula is C23H23N3O5. The molecule has 1 heterocycles. The maximum Gasteiger partial charge on any atom is 0.339 e. The second kappa shape index (κ2) is 9.71. The van der Waals surface area contributed by atoms with Crippen molar-refractivity contribution in [1.29, 1.82) is 0 Å². The van der Waals surface area contributed by atoms with Crippen LogP contribution in [0.1, 0.15) is 34.6 Å². The van der Waals surface area contributed by atoms with E-state index < -0.39 is 24.0 Å². The number of nitrogens with one attached hydrogen (secondary N) is 2. The van der Waals surface area contributed by atoms with Gasteiger partial charge in [0.15, 0.2) is 6.61 Å². The zero-order valence-electron chi connectivity index (χ0n) is 17.3. The van der Waals surface area contributed by atoms with E-state index in [1.165, 1.54) is 0 Å². The summed E-state index contributed by atoms with van der Waals surface area (Å²) in [7, 11) is 0. The highest BCUT2D eigenvalue weighted by Gasteiger charge is 2.16. The molecule has 0 atom stereocenters. The fraction of sp³-hybridized carbons (Fsp3) is 0.217. The highest BCUT2D eigenvalue weighted by atomic mass is 16.5. The number of hydrogen-bond acceptors (Lipinski definition) is 5. The van der Waals surface area contributed by atoms with Gasteiger partial charge in [-0.1, -0.05) is 24.3 Å². The van der Waals surface area contributed by atoms with Gasteiger partial charge in [0.1, 0.15) is 0 Å². The molecule has 0 aliphatic heterocycles. The first-order chi connectivity index (χ1) is 14.9. The summed E-state index contributed by atoms with van der Waals surface area (Å²) in [6, 6.07) is 14.5. The van der Waals surface area contributed by atoms with Gasteiger partial charge in [-0.3, -0.25) is 14.4 Å². The molecular weight excluding hydrogens is 398 g/mol. The first-order valence-corrected chi connectivity index (χ1v) is 9.91. The van der Waals surface area contributed by atoms with Gasteiger partial charge in [0.2, 0.25) is 5.56 Å². The minimum atomic E-state index is -0.775. The summed E-state index contributed by atoms with van der Waals surface area (Å²) in [5.41, 5.74) is 1.01. The van der Waals surface area contributed by atoms with Gasteiger partial charge in [0.05, 0.1) is 5.56 Å². The number of anilines is 1. The number of carbonyl (C=O) groups excluding carboxylic acids is 3. The van der Waals surface area contributed by atoms with E-state index in [1.54, 1.807) is 53.4 Å². The predicted octanol–water partition coefficient (Wildman–Crippen LogP) is 2.81. The summed E-state index contributed by atoms with van der Waals surface area (Å²) < 4.78 is 5.10. The maximum absolute atomic E-state index is 12.5. The van der Waals surface area contributed by atoms with Crippen LogP contribution in [-0.4, -0.2) is 47.4 Å². The topological polar surface area (TPSA) is 109 Å². The lowest BCUT2D eigenvalue weighted by molar-refractivity contribution is -0.119. The minimum Gasteiger partial charge on any atom is -0.452 e. The molecule has 160 valence electrons. The molecule has 0 radical (unpaired) electrons. The van der Waals surface area contributed by atoms with Gasteiger partial charge in [-0.25, -0.2) is 4.79 Å². The van der Waals surface area contributed by atoms with Crippen molar-refractivity contribution in [3.63, 3.8) is 0 Å². The summed E-state index contributed by atoms with van der Waals surface area (Å²) in [4.78, 5) is 53.3. The first-order valence-electron chi connectivity index (χ1n) is 9.91. The predicted molar refractivity (Wildman–Crippen MR) is 117 cm³/mol. The van der Waals surface area contributed by atoms with Crippen LogP contribution in [-0.2, 0) is 9.53 Å². The van der Waals surface area contributed by atoms with Gasteiger partial charge >= 0.3 is 5.97 Å². The normalized spacial score (nSPS) is 10.5. The Morgan fingerprint density at radius 1 is 1.00 bits per heavy atom. The molecule has 0 saturated heterocycles. The smallest absolute Gasteiger partial charge is 0.339 e. The van der Waals surface area contributed by atoms with Crippen LogP contribution in [0.3, 0.4) is 0 Å². The fourth-order valence-corrected chi connectivity index (χ4v) is 3.20. The number of H-pyrrole nitrogens is 1. The van der Waals surface area contributed by atoms with Crippen molar-refractivity contribution < 1.29 is 19.1 Å². The number of fused-ring (bicyclic) bond motifs is 1. The average Bonchev–Trinajstić information content (AvgIpc) is 2.77. The number of hydrogen-bond donors (Lipinski definition) is 2. The number of amides is 2. The molecule has 0 fully saturated rings. The van der Waals surface area contributed by atoms with E-state index in [-0.39, 0.29) is 11.5 Å². The molecule has 8 nitrogen and oxygen atoms in total. The number of nitrogens with zero attached hydrogens (tertiary/aromatic N) is 1. The van der Waals surface area contributed by atoms with Crippen molar-refractivity contribution in [3.05, 3.63) is 76.1 Å². The molecule has 31 heavy (non-hydrogen) atoms. The Balaban J connectivity index is 1.66. The standard InChI is InChI=1S/C23H23N3O5/c1-3-26(4-2)22(29)15-8-7-9-16(12-15)24-21(28)14-31-23(30)18-13-20(27)25-19-11-6-5-10-17(18)19/h5-13H,3-4,14H2,1-2H3,(H,24,28)(H,25,27). The average molecular weight is 421 g/mol. The highest BCUT2D eigenvalue weighted by molar-refractivity contribution is 6.04. The number of pyridine rings is 1. The summed E-state index contributed by atoms with van der Waals surface area (Å²) >= 11 is 0. The van der Waals surface area contributed by atoms with Crippen LogP contribution in [0.5, 0.6) is 0 Å². The molecule has 0 unspecified atom stereocenters. The van der Waals surface area contributed by atoms with E-state index in [4.69, 9.17) is 4.74 Å². The van der Waals surface area contributed by atoms with Gasteiger partial charge in [0, 0.05) is 41.3 Å². The van der Waals surface area contributed by atoms with Crippen LogP contribution >= 0.6 is 0 Å². The lowest BCUT2D eigenvalue weighted by Crippen LogP contribution is -2.30. The first kappa shape index (κ1) is 21.8. The quantitative estimate of drug-likeness (QED) is 0.570. The molecule has 0 aliphatic carbocycles. The van der Waals surface area contributed by atoms with E-state index in [2.05, 4.69) is 10.3 Å². The van der Waals surface area contributed by atoms with E-state index in [9.17, 15) is 19.2 Å². The van der Waals surface area contributed by atoms with Gasteiger partial charge in [-0.2, -0.15) is 0 Å². The lowest BCUT2D eigenvalue weighted by atomic mass is 10.1. The molecule has 2 amide bonds. The maximum atomic E-state index is 12.5. The van der Waals surface area contributed by atoms with Crippen LogP contribution < -0.4 is 10.9 Å². The Morgan fingerprint density at radius 3 is 2.48 bits per heavy atom. The number of aromatic nitrogens is 1. The van der Waals surface area contributed by atoms with E-state index in [0.717, 1.165) is 6.07 Å². The monoisotopic (exact) mass is 421 g/mol. The van der Waals surface area contributed by atoms with Crippen molar-refractivity contribution in [3.8, 4) is 0 Å². The van der Waals surface area contributed by atoms with E-state index in [1.807, 2.05) is 13.8 Å². The Kier molecular flexibility index (Phi) is 6.81. The summed E-state index contributed by atoms with van der Waals surface area (Å²) in [5, 5.41) is 3.14. The zero-order chi connectivity index (χ0) is 22.4. The molecule has 0 spiro atoms. The van der Waals surface area contributed by atoms with Crippen molar-refractivity contribution in [2.45, 2.75) is 13.8 Å². The Morgan fingerprint density at radius 2 is 1.74 bits per heavy atom. The molecule has 0 bridgehead atoms. The molecule has 0 saturated carbocycles. The van der Waals surface area contributed by atoms with Crippen molar-refractivity contribution in [2.24, 2.45) is 0 Å². The van der Waals surface area contributed by atoms with Crippen LogP contribution in [0.15, 0.2) is 59.4 Å². The molecule has 8 heteroatoms. The van der Waals surface area contributed by atoms with Crippen LogP contribution in [0.4, 0.5) is 5.69 Å². The third-order valence-electron chi connectivity index (χ3n) is 4.75. The van der Waals surface area contributed by atoms with E-state index in [0.29, 0.717) is 35.2 Å². The molecule has 3 rings (SSSR count). The minimum absolute atomic E-state index is 0.0824. The van der Waals surface area contributed by atoms with Gasteiger partial charge in [-0.15, -0.1) is 0 Å². The van der Waals surface area contributed by atoms with Crippen molar-refractivity contribution >= 4 is 34.4 Å². The van der Waals surface area contributed by atoms with Crippen LogP contribution in [0, 0.1) is 0 Å². The molecule has 0 aliphatic rings. The highest BCUT2D eigenvalue weighted by Crippen LogP contribution is 2.16. The Hall–Kier alpha value is -3.94. The SMILES string of the molecule is CCN(CC)C(=O)c1cccc(NC(=O)COC(=O)c2cc(=O)[nH]c3ccccc23)c1. The van der Waals surface area contributed by atoms with Crippen LogP contribution in [0.25, 0.3) is 10.9 Å². The summed E-state index contributed by atoms with van der Waals surface area (Å²) in [6.45, 7) is 4.42. The largest absolute Gasteiger partial charge is 0.452 e. The molecule has 2 N–H and O–H groups in total. The van der Waals surface area contributed by atoms with Crippen molar-refractivity contribution in [2.75, 3.05) is 25.0 Å². The molecule has 1 aromatic heterocycles. The molecule has 3 aromatic rings. The number of esters is 1. The summed E-state index contributed by atoms with van der Waals surface area (Å²) in [5.74, 6) is -1.47. The number of aromatic amines is 1. The Labute approximate surface area is 178 Å². The van der Waals surface area contributed by atoms with E-state index >= 15 is 0 Å². The Bertz CT molecular complexity index is 1180. The molecule has 2 aromatic carbocycles. The van der Waals surface area contributed by atoms with Gasteiger partial charge in [0.25, 0.3) is 11.8 Å². The third-order valence-corrected chi connectivity index (χ3v) is 4.75. The number of benzene rings is 2. The zero-order valence-corrected chi connectivity index (χ0v) is 17.3. The second-order valence-electron chi connectivity index (χ2n) is 6.78. The number of rotatable bonds is 7. The van der Waals surface area contributed by atoms with Crippen molar-refractivity contribution in [1.82, 2.24) is 9.88 Å². The number of carbonyl (C=O) groups is 3. The lowest BCUT2D eigenvalue weighted by Gasteiger charge is -2.19. The second-order valence-corrected chi connectivity index (χ2v) is 6.78. The van der Waals surface area contributed by atoms with Gasteiger partial charge < -0.3 is 19.9 Å². The summed E-state index contributed by atoms with van der Waals surface area (Å²) in [6.07, 6.45) is 0. The number of para-hydroxylation sites is 1. The fourth-order valence-electron chi connectivity index (χ4n) is 3.20. The van der Waals surface area contributed by atoms with Crippen LogP contribution in [0.2, 0.25) is 0 Å².